The maximum absolute atomic E-state index is 5.89. The number of ether oxygens (including phenoxy) is 2. The summed E-state index contributed by atoms with van der Waals surface area (Å²) in [5.41, 5.74) is 6.34. The fourth-order valence-electron chi connectivity index (χ4n) is 3.08. The van der Waals surface area contributed by atoms with Crippen LogP contribution in [0.2, 0.25) is 0 Å². The zero-order valence-electron chi connectivity index (χ0n) is 11.2. The topological polar surface area (TPSA) is 47.7 Å². The van der Waals surface area contributed by atoms with Crippen molar-refractivity contribution in [1.82, 2.24) is 4.90 Å². The Morgan fingerprint density at radius 3 is 2.12 bits per heavy atom. The fourth-order valence-corrected chi connectivity index (χ4v) is 3.08. The summed E-state index contributed by atoms with van der Waals surface area (Å²) in [5, 5.41) is 0. The lowest BCUT2D eigenvalue weighted by Gasteiger charge is -2.42. The van der Waals surface area contributed by atoms with E-state index >= 15 is 0 Å². The highest BCUT2D eigenvalue weighted by atomic mass is 16.5. The van der Waals surface area contributed by atoms with Crippen molar-refractivity contribution >= 4 is 0 Å². The average molecular weight is 242 g/mol. The first kappa shape index (κ1) is 13.3. The molecule has 1 heterocycles. The molecule has 1 saturated heterocycles. The van der Waals surface area contributed by atoms with Crippen molar-refractivity contribution < 1.29 is 9.47 Å². The number of hydrogen-bond acceptors (Lipinski definition) is 4. The molecule has 2 fully saturated rings. The molecule has 1 saturated carbocycles. The SMILES string of the molecule is COC1CN(CCC2(CN)CCC2)CC1OC. The molecule has 0 spiro atoms. The van der Waals surface area contributed by atoms with Gasteiger partial charge in [0.25, 0.3) is 0 Å². The Kier molecular flexibility index (Phi) is 4.42. The van der Waals surface area contributed by atoms with Gasteiger partial charge in [0.2, 0.25) is 0 Å². The second kappa shape index (κ2) is 5.65. The number of hydrogen-bond donors (Lipinski definition) is 1. The molecule has 2 rings (SSSR count). The summed E-state index contributed by atoms with van der Waals surface area (Å²) in [6, 6.07) is 0. The van der Waals surface area contributed by atoms with Crippen molar-refractivity contribution in [2.24, 2.45) is 11.1 Å². The van der Waals surface area contributed by atoms with Gasteiger partial charge in [0.1, 0.15) is 0 Å². The lowest BCUT2D eigenvalue weighted by atomic mass is 9.66. The first-order valence-corrected chi connectivity index (χ1v) is 6.71. The minimum absolute atomic E-state index is 0.232. The van der Waals surface area contributed by atoms with Gasteiger partial charge in [-0.15, -0.1) is 0 Å². The second-order valence-corrected chi connectivity index (χ2v) is 5.62. The van der Waals surface area contributed by atoms with E-state index < -0.39 is 0 Å². The predicted molar refractivity (Wildman–Crippen MR) is 68.0 cm³/mol. The van der Waals surface area contributed by atoms with Crippen molar-refractivity contribution in [2.45, 2.75) is 37.9 Å². The van der Waals surface area contributed by atoms with Gasteiger partial charge < -0.3 is 15.2 Å². The van der Waals surface area contributed by atoms with Gasteiger partial charge in [0, 0.05) is 27.3 Å². The van der Waals surface area contributed by atoms with Crippen LogP contribution in [0.3, 0.4) is 0 Å². The monoisotopic (exact) mass is 242 g/mol. The number of nitrogens with two attached hydrogens (primary N) is 1. The summed E-state index contributed by atoms with van der Waals surface area (Å²) in [7, 11) is 3.54. The largest absolute Gasteiger partial charge is 0.377 e. The molecule has 0 bridgehead atoms. The summed E-state index contributed by atoms with van der Waals surface area (Å²) in [6.45, 7) is 3.98. The standard InChI is InChI=1S/C13H26N2O2/c1-16-11-8-15(9-12(11)17-2)7-6-13(10-14)4-3-5-13/h11-12H,3-10,14H2,1-2H3. The molecular formula is C13H26N2O2. The van der Waals surface area contributed by atoms with E-state index in [1.165, 1.54) is 25.7 Å². The molecule has 4 heteroatoms. The van der Waals surface area contributed by atoms with E-state index in [2.05, 4.69) is 4.90 Å². The molecule has 1 aliphatic heterocycles. The Labute approximate surface area is 104 Å². The third-order valence-corrected chi connectivity index (χ3v) is 4.70. The molecule has 2 unspecified atom stereocenters. The molecule has 100 valence electrons. The third-order valence-electron chi connectivity index (χ3n) is 4.70. The van der Waals surface area contributed by atoms with Crippen LogP contribution in [0.1, 0.15) is 25.7 Å². The van der Waals surface area contributed by atoms with Gasteiger partial charge in [0.15, 0.2) is 0 Å². The van der Waals surface area contributed by atoms with Gasteiger partial charge in [-0.1, -0.05) is 6.42 Å². The lowest BCUT2D eigenvalue weighted by Crippen LogP contribution is -2.40. The smallest absolute Gasteiger partial charge is 0.0971 e. The van der Waals surface area contributed by atoms with Crippen LogP contribution in [-0.4, -0.2) is 57.5 Å². The van der Waals surface area contributed by atoms with Crippen molar-refractivity contribution in [3.8, 4) is 0 Å². The highest BCUT2D eigenvalue weighted by Gasteiger charge is 2.38. The maximum atomic E-state index is 5.89. The quantitative estimate of drug-likeness (QED) is 0.750. The summed E-state index contributed by atoms with van der Waals surface area (Å²) in [4.78, 5) is 2.46. The minimum atomic E-state index is 0.232. The normalized spacial score (nSPS) is 32.6. The summed E-state index contributed by atoms with van der Waals surface area (Å²) < 4.78 is 10.9. The summed E-state index contributed by atoms with van der Waals surface area (Å²) in [5.74, 6) is 0. The zero-order valence-corrected chi connectivity index (χ0v) is 11.2. The van der Waals surface area contributed by atoms with E-state index in [-0.39, 0.29) is 12.2 Å². The van der Waals surface area contributed by atoms with Gasteiger partial charge in [-0.25, -0.2) is 0 Å². The van der Waals surface area contributed by atoms with Gasteiger partial charge >= 0.3 is 0 Å². The zero-order chi connectivity index (χ0) is 12.3. The third kappa shape index (κ3) is 2.81. The maximum Gasteiger partial charge on any atom is 0.0971 e. The molecule has 2 aliphatic rings. The van der Waals surface area contributed by atoms with E-state index in [0.717, 1.165) is 26.2 Å². The molecule has 2 N–H and O–H groups in total. The molecule has 0 radical (unpaired) electrons. The Balaban J connectivity index is 1.77. The van der Waals surface area contributed by atoms with Crippen molar-refractivity contribution in [3.63, 3.8) is 0 Å². The van der Waals surface area contributed by atoms with Crippen molar-refractivity contribution in [2.75, 3.05) is 40.4 Å². The molecule has 4 nitrogen and oxygen atoms in total. The van der Waals surface area contributed by atoms with Gasteiger partial charge in [-0.3, -0.25) is 4.90 Å². The number of nitrogens with zero attached hydrogens (tertiary/aromatic N) is 1. The van der Waals surface area contributed by atoms with Gasteiger partial charge in [-0.05, 0) is 37.8 Å². The van der Waals surface area contributed by atoms with Crippen molar-refractivity contribution in [1.29, 1.82) is 0 Å². The number of methoxy groups -OCH3 is 2. The Morgan fingerprint density at radius 1 is 1.18 bits per heavy atom. The first-order valence-electron chi connectivity index (χ1n) is 6.71. The molecule has 17 heavy (non-hydrogen) atoms. The molecule has 0 aromatic rings. The number of likely N-dealkylation sites (tertiary alicyclic amines) is 1. The Bertz CT molecular complexity index is 226. The van der Waals surface area contributed by atoms with Crippen LogP contribution in [-0.2, 0) is 9.47 Å². The van der Waals surface area contributed by atoms with Crippen LogP contribution in [0, 0.1) is 5.41 Å². The van der Waals surface area contributed by atoms with Crippen LogP contribution in [0.15, 0.2) is 0 Å². The highest BCUT2D eigenvalue weighted by Crippen LogP contribution is 2.43. The molecular weight excluding hydrogens is 216 g/mol. The highest BCUT2D eigenvalue weighted by molar-refractivity contribution is 4.91. The van der Waals surface area contributed by atoms with E-state index in [4.69, 9.17) is 15.2 Å². The fraction of sp³-hybridized carbons (Fsp3) is 1.00. The minimum Gasteiger partial charge on any atom is -0.377 e. The molecule has 0 amide bonds. The molecule has 0 aromatic carbocycles. The summed E-state index contributed by atoms with van der Waals surface area (Å²) >= 11 is 0. The van der Waals surface area contributed by atoms with E-state index in [1.807, 2.05) is 0 Å². The van der Waals surface area contributed by atoms with E-state index in [0.29, 0.717) is 5.41 Å². The Morgan fingerprint density at radius 2 is 1.76 bits per heavy atom. The van der Waals surface area contributed by atoms with Crippen LogP contribution < -0.4 is 5.73 Å². The van der Waals surface area contributed by atoms with Crippen molar-refractivity contribution in [3.05, 3.63) is 0 Å². The predicted octanol–water partition coefficient (Wildman–Crippen LogP) is 0.851. The second-order valence-electron chi connectivity index (χ2n) is 5.62. The Hall–Kier alpha value is -0.160. The van der Waals surface area contributed by atoms with Crippen LogP contribution in [0.4, 0.5) is 0 Å². The first-order chi connectivity index (χ1) is 8.23. The van der Waals surface area contributed by atoms with Gasteiger partial charge in [-0.2, -0.15) is 0 Å². The van der Waals surface area contributed by atoms with E-state index in [9.17, 15) is 0 Å². The summed E-state index contributed by atoms with van der Waals surface area (Å²) in [6.07, 6.45) is 5.69. The lowest BCUT2D eigenvalue weighted by molar-refractivity contribution is -0.00461. The average Bonchev–Trinajstić information content (AvgIpc) is 2.71. The molecule has 0 aromatic heterocycles. The molecule has 1 aliphatic carbocycles. The van der Waals surface area contributed by atoms with E-state index in [1.54, 1.807) is 14.2 Å². The van der Waals surface area contributed by atoms with Crippen LogP contribution >= 0.6 is 0 Å². The molecule has 2 atom stereocenters. The van der Waals surface area contributed by atoms with Gasteiger partial charge in [0.05, 0.1) is 12.2 Å². The number of rotatable bonds is 6. The van der Waals surface area contributed by atoms with Crippen LogP contribution in [0.25, 0.3) is 0 Å². The van der Waals surface area contributed by atoms with Crippen LogP contribution in [0.5, 0.6) is 0 Å².